The third kappa shape index (κ3) is 2.99. The van der Waals surface area contributed by atoms with Crippen molar-refractivity contribution in [2.75, 3.05) is 0 Å². The van der Waals surface area contributed by atoms with E-state index in [1.165, 1.54) is 12.1 Å². The van der Waals surface area contributed by atoms with Gasteiger partial charge in [0.25, 0.3) is 11.8 Å². The Balaban J connectivity index is 1.85. The summed E-state index contributed by atoms with van der Waals surface area (Å²) in [4.78, 5) is 24.2. The fraction of sp³-hybridized carbons (Fsp3) is 0.0588. The molecule has 0 radical (unpaired) electrons. The minimum absolute atomic E-state index is 0.0831. The van der Waals surface area contributed by atoms with Crippen LogP contribution in [0.25, 0.3) is 5.57 Å². The van der Waals surface area contributed by atoms with Crippen LogP contribution in [0.3, 0.4) is 0 Å². The van der Waals surface area contributed by atoms with Crippen molar-refractivity contribution >= 4 is 27.5 Å². The van der Waals surface area contributed by atoms with Gasteiger partial charge < -0.3 is 0 Å². The molecule has 0 aliphatic carbocycles. The van der Waals surface area contributed by atoms with Crippen LogP contribution < -0.4 is 0 Å². The van der Waals surface area contributed by atoms with E-state index >= 15 is 0 Å². The molecule has 0 fully saturated rings. The van der Waals surface area contributed by atoms with Crippen molar-refractivity contribution in [2.45, 2.75) is 11.8 Å². The van der Waals surface area contributed by atoms with E-state index in [-0.39, 0.29) is 15.5 Å². The number of hydroxylamine groups is 2. The summed E-state index contributed by atoms with van der Waals surface area (Å²) in [5.41, 5.74) is 1.46. The molecule has 0 saturated carbocycles. The van der Waals surface area contributed by atoms with E-state index < -0.39 is 21.9 Å². The Bertz CT molecular complexity index is 931. The van der Waals surface area contributed by atoms with Crippen molar-refractivity contribution in [3.05, 3.63) is 71.8 Å². The third-order valence-corrected chi connectivity index (χ3v) is 4.64. The predicted octanol–water partition coefficient (Wildman–Crippen LogP) is 2.07. The number of imide groups is 1. The minimum Gasteiger partial charge on any atom is -0.267 e. The normalized spacial score (nSPS) is 14.9. The standard InChI is InChI=1S/C17H13NO5S/c1-12-7-9-14(10-8-12)24(21,22)23-18-16(19)11-15(17(18)20)13-5-3-2-4-6-13/h2-11H,1H3. The molecule has 0 N–H and O–H groups in total. The zero-order valence-electron chi connectivity index (χ0n) is 12.7. The Morgan fingerprint density at radius 1 is 0.917 bits per heavy atom. The van der Waals surface area contributed by atoms with Gasteiger partial charge >= 0.3 is 10.1 Å². The molecule has 0 spiro atoms. The highest BCUT2D eigenvalue weighted by Crippen LogP contribution is 2.25. The summed E-state index contributed by atoms with van der Waals surface area (Å²) in [5, 5.41) is 0.261. The Morgan fingerprint density at radius 2 is 1.54 bits per heavy atom. The van der Waals surface area contributed by atoms with Gasteiger partial charge in [-0.3, -0.25) is 9.59 Å². The van der Waals surface area contributed by atoms with Gasteiger partial charge in [-0.15, -0.1) is 9.35 Å². The second kappa shape index (κ2) is 6.03. The van der Waals surface area contributed by atoms with Crippen molar-refractivity contribution in [1.82, 2.24) is 5.06 Å². The number of amides is 2. The molecule has 0 bridgehead atoms. The first kappa shape index (κ1) is 16.1. The maximum atomic E-state index is 12.3. The van der Waals surface area contributed by atoms with Crippen molar-refractivity contribution in [3.63, 3.8) is 0 Å². The van der Waals surface area contributed by atoms with Crippen molar-refractivity contribution < 1.29 is 22.3 Å². The third-order valence-electron chi connectivity index (χ3n) is 3.45. The molecule has 2 amide bonds. The van der Waals surface area contributed by atoms with Crippen LogP contribution in [0.1, 0.15) is 11.1 Å². The Morgan fingerprint density at radius 3 is 2.17 bits per heavy atom. The summed E-state index contributed by atoms with van der Waals surface area (Å²) < 4.78 is 29.2. The average Bonchev–Trinajstić information content (AvgIpc) is 2.84. The van der Waals surface area contributed by atoms with E-state index in [0.29, 0.717) is 5.56 Å². The van der Waals surface area contributed by atoms with Gasteiger partial charge in [0.1, 0.15) is 0 Å². The van der Waals surface area contributed by atoms with Crippen LogP contribution in [0.15, 0.2) is 65.6 Å². The van der Waals surface area contributed by atoms with Gasteiger partial charge in [0.05, 0.1) is 10.5 Å². The number of rotatable bonds is 4. The first-order chi connectivity index (χ1) is 11.4. The minimum atomic E-state index is -4.28. The van der Waals surface area contributed by atoms with Gasteiger partial charge in [-0.05, 0) is 24.6 Å². The van der Waals surface area contributed by atoms with Crippen LogP contribution in [0.4, 0.5) is 0 Å². The number of aryl methyl sites for hydroxylation is 1. The number of carbonyl (C=O) groups is 2. The van der Waals surface area contributed by atoms with E-state index in [9.17, 15) is 18.0 Å². The second-order valence-electron chi connectivity index (χ2n) is 5.20. The summed E-state index contributed by atoms with van der Waals surface area (Å²) in [6.07, 6.45) is 1.06. The molecule has 6 nitrogen and oxygen atoms in total. The summed E-state index contributed by atoms with van der Waals surface area (Å²) in [6.45, 7) is 1.81. The lowest BCUT2D eigenvalue weighted by molar-refractivity contribution is -0.161. The molecule has 0 aromatic heterocycles. The Kier molecular flexibility index (Phi) is 4.04. The summed E-state index contributed by atoms with van der Waals surface area (Å²) in [5.74, 6) is -1.66. The van der Waals surface area contributed by atoms with Gasteiger partial charge in [-0.2, -0.15) is 8.42 Å². The molecule has 1 aliphatic rings. The van der Waals surface area contributed by atoms with Crippen LogP contribution in [0.2, 0.25) is 0 Å². The highest BCUT2D eigenvalue weighted by Gasteiger charge is 2.37. The smallest absolute Gasteiger partial charge is 0.267 e. The summed E-state index contributed by atoms with van der Waals surface area (Å²) in [6, 6.07) is 14.4. The first-order valence-corrected chi connectivity index (χ1v) is 8.46. The van der Waals surface area contributed by atoms with E-state index in [4.69, 9.17) is 4.28 Å². The van der Waals surface area contributed by atoms with Crippen molar-refractivity contribution in [3.8, 4) is 0 Å². The molecule has 1 aliphatic heterocycles. The molecule has 3 rings (SSSR count). The molecule has 24 heavy (non-hydrogen) atoms. The lowest BCUT2D eigenvalue weighted by Crippen LogP contribution is -2.33. The summed E-state index contributed by atoms with van der Waals surface area (Å²) in [7, 11) is -4.28. The van der Waals surface area contributed by atoms with Crippen LogP contribution >= 0.6 is 0 Å². The fourth-order valence-electron chi connectivity index (χ4n) is 2.19. The molecule has 0 saturated heterocycles. The number of benzene rings is 2. The highest BCUT2D eigenvalue weighted by atomic mass is 32.2. The first-order valence-electron chi connectivity index (χ1n) is 7.05. The fourth-order valence-corrected chi connectivity index (χ4v) is 3.09. The lowest BCUT2D eigenvalue weighted by atomic mass is 10.1. The van der Waals surface area contributed by atoms with Crippen LogP contribution in [0.5, 0.6) is 0 Å². The Labute approximate surface area is 139 Å². The molecular weight excluding hydrogens is 330 g/mol. The largest absolute Gasteiger partial charge is 0.318 e. The van der Waals surface area contributed by atoms with Crippen LogP contribution in [-0.2, 0) is 24.0 Å². The topological polar surface area (TPSA) is 80.8 Å². The van der Waals surface area contributed by atoms with Crippen molar-refractivity contribution in [1.29, 1.82) is 0 Å². The predicted molar refractivity (Wildman–Crippen MR) is 85.7 cm³/mol. The molecule has 2 aromatic carbocycles. The highest BCUT2D eigenvalue weighted by molar-refractivity contribution is 7.86. The SMILES string of the molecule is Cc1ccc(S(=O)(=O)ON2C(=O)C=C(c3ccccc3)C2=O)cc1. The van der Waals surface area contributed by atoms with Crippen LogP contribution in [-0.4, -0.2) is 25.3 Å². The zero-order valence-corrected chi connectivity index (χ0v) is 13.5. The molecule has 0 atom stereocenters. The van der Waals surface area contributed by atoms with Gasteiger partial charge in [0.15, 0.2) is 0 Å². The number of carbonyl (C=O) groups excluding carboxylic acids is 2. The molecule has 2 aromatic rings. The number of hydrogen-bond acceptors (Lipinski definition) is 5. The van der Waals surface area contributed by atoms with E-state index in [2.05, 4.69) is 0 Å². The quantitative estimate of drug-likeness (QED) is 0.794. The molecule has 0 unspecified atom stereocenters. The molecular formula is C17H13NO5S. The molecule has 122 valence electrons. The summed E-state index contributed by atoms with van der Waals surface area (Å²) >= 11 is 0. The van der Waals surface area contributed by atoms with E-state index in [1.807, 2.05) is 0 Å². The monoisotopic (exact) mass is 343 g/mol. The number of nitrogens with zero attached hydrogens (tertiary/aromatic N) is 1. The van der Waals surface area contributed by atoms with Gasteiger partial charge in [0.2, 0.25) is 0 Å². The Hall–Kier alpha value is -2.77. The van der Waals surface area contributed by atoms with Crippen molar-refractivity contribution in [2.24, 2.45) is 0 Å². The number of hydrogen-bond donors (Lipinski definition) is 0. The molecule has 1 heterocycles. The van der Waals surface area contributed by atoms with Gasteiger partial charge in [-0.1, -0.05) is 48.0 Å². The van der Waals surface area contributed by atoms with Gasteiger partial charge in [0, 0.05) is 6.08 Å². The average molecular weight is 343 g/mol. The van der Waals surface area contributed by atoms with Crippen LogP contribution in [0, 0.1) is 6.92 Å². The lowest BCUT2D eigenvalue weighted by Gasteiger charge is -2.14. The zero-order chi connectivity index (χ0) is 17.3. The second-order valence-corrected chi connectivity index (χ2v) is 6.73. The maximum Gasteiger partial charge on any atom is 0.318 e. The maximum absolute atomic E-state index is 12.3. The van der Waals surface area contributed by atoms with Gasteiger partial charge in [-0.25, -0.2) is 0 Å². The van der Waals surface area contributed by atoms with E-state index in [0.717, 1.165) is 11.6 Å². The molecule has 7 heteroatoms. The van der Waals surface area contributed by atoms with E-state index in [1.54, 1.807) is 49.4 Å².